The summed E-state index contributed by atoms with van der Waals surface area (Å²) in [6, 6.07) is 3.92. The average Bonchev–Trinajstić information content (AvgIpc) is 2.92. The number of nitrogens with zero attached hydrogens (tertiary/aromatic N) is 2. The van der Waals surface area contributed by atoms with Crippen molar-refractivity contribution >= 4 is 32.7 Å². The van der Waals surface area contributed by atoms with Gasteiger partial charge in [-0.15, -0.1) is 0 Å². The molecule has 7 heteroatoms. The lowest BCUT2D eigenvalue weighted by Crippen LogP contribution is -2.16. The minimum absolute atomic E-state index is 0.110. The minimum atomic E-state index is -2.59. The Hall–Kier alpha value is -1.76. The summed E-state index contributed by atoms with van der Waals surface area (Å²) in [5.41, 5.74) is 0.652. The second-order valence-corrected chi connectivity index (χ2v) is 8.68. The molecule has 1 aliphatic carbocycles. The summed E-state index contributed by atoms with van der Waals surface area (Å²) in [5.74, 6) is 1.29. The zero-order chi connectivity index (χ0) is 17.3. The van der Waals surface area contributed by atoms with Gasteiger partial charge in [0.05, 0.1) is 0 Å². The van der Waals surface area contributed by atoms with Crippen molar-refractivity contribution in [3.8, 4) is 0 Å². The highest BCUT2D eigenvalue weighted by molar-refractivity contribution is 6.11. The predicted octanol–water partition coefficient (Wildman–Crippen LogP) is 3.51. The van der Waals surface area contributed by atoms with E-state index in [0.717, 1.165) is 16.7 Å². The fourth-order valence-electron chi connectivity index (χ4n) is 3.29. The van der Waals surface area contributed by atoms with Crippen molar-refractivity contribution in [2.45, 2.75) is 57.2 Å². The number of alkyl halides is 2. The summed E-state index contributed by atoms with van der Waals surface area (Å²) in [4.78, 5) is 8.53. The molecule has 2 N–H and O–H groups in total. The zero-order valence-corrected chi connectivity index (χ0v) is 16.3. The summed E-state index contributed by atoms with van der Waals surface area (Å²) in [7, 11) is 1.24. The fraction of sp³-hybridized carbons (Fsp3) is 0.529. The molecule has 130 valence electrons. The molecule has 4 nitrogen and oxygen atoms in total. The minimum Gasteiger partial charge on any atom is -0.367 e. The van der Waals surface area contributed by atoms with E-state index in [0.29, 0.717) is 17.2 Å². The summed E-state index contributed by atoms with van der Waals surface area (Å²) in [6.45, 7) is 3.93. The van der Waals surface area contributed by atoms with Gasteiger partial charge >= 0.3 is 0 Å². The number of fused-ring (bicyclic) bond motifs is 1. The summed E-state index contributed by atoms with van der Waals surface area (Å²) < 4.78 is 26.2. The highest BCUT2D eigenvalue weighted by Gasteiger charge is 2.21. The molecule has 2 aromatic rings. The Balaban J connectivity index is 1.95. The molecule has 1 aliphatic rings. The van der Waals surface area contributed by atoms with Crippen molar-refractivity contribution in [1.82, 2.24) is 9.97 Å². The molecular weight excluding hydrogens is 326 g/mol. The van der Waals surface area contributed by atoms with Crippen LogP contribution < -0.4 is 10.6 Å². The first kappa shape index (κ1) is 17.1. The third-order valence-corrected chi connectivity index (χ3v) is 5.48. The van der Waals surface area contributed by atoms with Gasteiger partial charge in [-0.3, -0.25) is 0 Å². The van der Waals surface area contributed by atoms with Gasteiger partial charge in [-0.2, -0.15) is 0 Å². The monoisotopic (exact) mass is 350 g/mol. The normalized spacial score (nSPS) is 21.1. The molecule has 0 saturated heterocycles. The van der Waals surface area contributed by atoms with Gasteiger partial charge in [0.2, 0.25) is 0 Å². The van der Waals surface area contributed by atoms with Gasteiger partial charge in [-0.1, -0.05) is 12.0 Å². The van der Waals surface area contributed by atoms with Crippen molar-refractivity contribution in [3.05, 3.63) is 24.0 Å². The molecule has 1 saturated carbocycles. The third-order valence-electron chi connectivity index (χ3n) is 4.43. The largest absolute Gasteiger partial charge is 0.367 e. The number of halogens is 2. The van der Waals surface area contributed by atoms with Crippen LogP contribution in [-0.2, 0) is 0 Å². The van der Waals surface area contributed by atoms with Crippen LogP contribution in [0.2, 0.25) is 5.54 Å². The molecule has 3 rings (SSSR count). The maximum Gasteiger partial charge on any atom is 0.280 e. The van der Waals surface area contributed by atoms with E-state index in [2.05, 4.69) is 20.6 Å². The van der Waals surface area contributed by atoms with Gasteiger partial charge in [-0.25, -0.2) is 18.7 Å². The number of rotatable bonds is 5. The second-order valence-electron chi connectivity index (χ2n) is 7.05. The number of aromatic nitrogens is 2. The number of nitrogens with one attached hydrogen (secondary N) is 2. The highest BCUT2D eigenvalue weighted by Crippen LogP contribution is 2.32. The Morgan fingerprint density at radius 1 is 1.25 bits per heavy atom. The van der Waals surface area contributed by atoms with Crippen LogP contribution in [0.15, 0.2) is 18.3 Å². The van der Waals surface area contributed by atoms with Crippen LogP contribution in [-0.4, -0.2) is 32.3 Å². The van der Waals surface area contributed by atoms with E-state index >= 15 is 0 Å². The molecular formula is C17H24F2N4Si. The van der Waals surface area contributed by atoms with Crippen molar-refractivity contribution in [1.29, 1.82) is 0 Å². The average molecular weight is 350 g/mol. The molecule has 0 aromatic carbocycles. The van der Waals surface area contributed by atoms with E-state index in [1.165, 1.54) is 35.6 Å². The van der Waals surface area contributed by atoms with Gasteiger partial charge in [0.25, 0.3) is 6.43 Å². The van der Waals surface area contributed by atoms with E-state index in [1.54, 1.807) is 6.20 Å². The van der Waals surface area contributed by atoms with Gasteiger partial charge in [0, 0.05) is 39.3 Å². The maximum atomic E-state index is 13.1. The summed E-state index contributed by atoms with van der Waals surface area (Å²) in [6.07, 6.45) is 2.73. The summed E-state index contributed by atoms with van der Waals surface area (Å²) >= 11 is 0. The van der Waals surface area contributed by atoms with Crippen LogP contribution >= 0.6 is 0 Å². The first-order valence-corrected chi connectivity index (χ1v) is 9.69. The van der Waals surface area contributed by atoms with Crippen molar-refractivity contribution in [2.75, 3.05) is 10.6 Å². The van der Waals surface area contributed by atoms with E-state index in [4.69, 9.17) is 0 Å². The highest BCUT2D eigenvalue weighted by atomic mass is 28.1. The molecule has 1 fully saturated rings. The Labute approximate surface area is 143 Å². The fourth-order valence-corrected chi connectivity index (χ4v) is 4.19. The first-order valence-electron chi connectivity index (χ1n) is 8.54. The van der Waals surface area contributed by atoms with Gasteiger partial charge in [0.15, 0.2) is 0 Å². The van der Waals surface area contributed by atoms with E-state index < -0.39 is 6.43 Å². The number of pyridine rings is 2. The number of anilines is 2. The van der Waals surface area contributed by atoms with E-state index in [-0.39, 0.29) is 11.7 Å². The third kappa shape index (κ3) is 3.83. The van der Waals surface area contributed by atoms with E-state index in [1.807, 2.05) is 19.9 Å². The quantitative estimate of drug-likeness (QED) is 0.810. The van der Waals surface area contributed by atoms with Crippen LogP contribution in [0.1, 0.15) is 45.2 Å². The molecule has 0 bridgehead atoms. The molecule has 0 radical (unpaired) electrons. The molecule has 24 heavy (non-hydrogen) atoms. The van der Waals surface area contributed by atoms with Crippen LogP contribution in [0.25, 0.3) is 10.8 Å². The lowest BCUT2D eigenvalue weighted by Gasteiger charge is -2.16. The lowest BCUT2D eigenvalue weighted by atomic mass is 10.1. The Morgan fingerprint density at radius 3 is 2.67 bits per heavy atom. The molecule has 2 heterocycles. The predicted molar refractivity (Wildman–Crippen MR) is 98.2 cm³/mol. The lowest BCUT2D eigenvalue weighted by molar-refractivity contribution is 0.146. The van der Waals surface area contributed by atoms with Crippen molar-refractivity contribution < 1.29 is 8.78 Å². The molecule has 2 aromatic heterocycles. The zero-order valence-electron chi connectivity index (χ0n) is 14.3. The molecule has 0 aliphatic heterocycles. The van der Waals surface area contributed by atoms with Gasteiger partial charge in [0.1, 0.15) is 17.3 Å². The smallest absolute Gasteiger partial charge is 0.280 e. The number of hydrogen-bond donors (Lipinski definition) is 2. The SMILES string of the molecule is CC(C)Nc1nc(C(F)F)cc2cnc(NC3CC[C@H]([SiH3])C3)cc12. The topological polar surface area (TPSA) is 49.8 Å². The molecule has 1 unspecified atom stereocenters. The standard InChI is InChI=1S/C17H24F2N4Si/c1-9(2)21-17-13-7-15(22-11-3-4-12(24)6-11)20-8-10(13)5-14(23-17)16(18)19/h5,7-9,11-12,16H,3-4,6H2,1-2,24H3,(H,20,22)(H,21,23)/t11?,12-/m0/s1. The molecule has 2 atom stereocenters. The van der Waals surface area contributed by atoms with Gasteiger partial charge in [-0.05, 0) is 38.8 Å². The number of hydrogen-bond acceptors (Lipinski definition) is 4. The molecule has 0 spiro atoms. The van der Waals surface area contributed by atoms with Crippen LogP contribution in [0.5, 0.6) is 0 Å². The second kappa shape index (κ2) is 7.00. The van der Waals surface area contributed by atoms with Crippen LogP contribution in [0, 0.1) is 0 Å². The van der Waals surface area contributed by atoms with E-state index in [9.17, 15) is 8.78 Å². The molecule has 0 amide bonds. The maximum absolute atomic E-state index is 13.1. The first-order chi connectivity index (χ1) is 11.4. The van der Waals surface area contributed by atoms with Crippen LogP contribution in [0.4, 0.5) is 20.4 Å². The van der Waals surface area contributed by atoms with Crippen molar-refractivity contribution in [2.24, 2.45) is 0 Å². The Bertz CT molecular complexity index is 723. The summed E-state index contributed by atoms with van der Waals surface area (Å²) in [5, 5.41) is 8.17. The van der Waals surface area contributed by atoms with Crippen molar-refractivity contribution in [3.63, 3.8) is 0 Å². The Morgan fingerprint density at radius 2 is 2.04 bits per heavy atom. The van der Waals surface area contributed by atoms with Crippen LogP contribution in [0.3, 0.4) is 0 Å². The van der Waals surface area contributed by atoms with Gasteiger partial charge < -0.3 is 10.6 Å². The Kier molecular flexibility index (Phi) is 4.98.